The van der Waals surface area contributed by atoms with E-state index < -0.39 is 23.7 Å². The maximum absolute atomic E-state index is 13.9. The van der Waals surface area contributed by atoms with Gasteiger partial charge in [0.15, 0.2) is 23.1 Å². The molecule has 0 radical (unpaired) electrons. The molecule has 4 aliphatic rings. The van der Waals surface area contributed by atoms with E-state index in [1.54, 1.807) is 43.3 Å². The molecule has 2 aromatic carbocycles. The molecule has 6 rings (SSSR count). The highest BCUT2D eigenvalue weighted by molar-refractivity contribution is 9.10. The van der Waals surface area contributed by atoms with Gasteiger partial charge < -0.3 is 14.9 Å². The smallest absolute Gasteiger partial charge is 0.233 e. The van der Waals surface area contributed by atoms with E-state index in [0.717, 1.165) is 11.1 Å². The van der Waals surface area contributed by atoms with Crippen LogP contribution in [0, 0.1) is 17.8 Å². The van der Waals surface area contributed by atoms with E-state index in [4.69, 9.17) is 4.74 Å². The van der Waals surface area contributed by atoms with Gasteiger partial charge in [0.2, 0.25) is 11.8 Å². The van der Waals surface area contributed by atoms with Crippen LogP contribution in [-0.2, 0) is 25.6 Å². The maximum atomic E-state index is 13.9. The molecule has 1 saturated heterocycles. The largest absolute Gasteiger partial charge is 0.508 e. The molecule has 3 aliphatic carbocycles. The number of fused-ring (bicyclic) bond motifs is 3. The van der Waals surface area contributed by atoms with E-state index in [2.05, 4.69) is 15.9 Å². The third-order valence-electron chi connectivity index (χ3n) is 8.82. The van der Waals surface area contributed by atoms with E-state index in [9.17, 15) is 29.4 Å². The van der Waals surface area contributed by atoms with Gasteiger partial charge in [-0.1, -0.05) is 23.8 Å². The number of rotatable bonds is 5. The third-order valence-corrected chi connectivity index (χ3v) is 9.42. The Bertz CT molecular complexity index is 1620. The standard InChI is InChI=1S/C32H28BrNO7/c1-15-11-24(36)22-14-21-19(26(28(22)29(15)37)17-12-23(33)30(38)25(13-17)41-2)7-8-20-27(21)32(40)34(31(20)39)10-9-16-3-5-18(35)6-4-16/h3-7,11-13,20-21,26-27,35,38H,8-10,14H2,1-2H3. The Labute approximate surface area is 245 Å². The Kier molecular flexibility index (Phi) is 6.72. The number of aromatic hydroxyl groups is 2. The van der Waals surface area contributed by atoms with Gasteiger partial charge in [-0.3, -0.25) is 24.1 Å². The van der Waals surface area contributed by atoms with Crippen LogP contribution in [-0.4, -0.2) is 52.1 Å². The molecule has 2 N–H and O–H groups in total. The van der Waals surface area contributed by atoms with E-state index in [-0.39, 0.29) is 53.6 Å². The zero-order valence-electron chi connectivity index (χ0n) is 22.5. The number of halogens is 1. The van der Waals surface area contributed by atoms with Gasteiger partial charge in [0.25, 0.3) is 0 Å². The average Bonchev–Trinajstić information content (AvgIpc) is 3.20. The van der Waals surface area contributed by atoms with Gasteiger partial charge in [-0.25, -0.2) is 0 Å². The lowest BCUT2D eigenvalue weighted by atomic mass is 9.59. The quantitative estimate of drug-likeness (QED) is 0.287. The second kappa shape index (κ2) is 10.1. The van der Waals surface area contributed by atoms with Crippen LogP contribution in [0.3, 0.4) is 0 Å². The fourth-order valence-electron chi connectivity index (χ4n) is 6.85. The van der Waals surface area contributed by atoms with Gasteiger partial charge in [0.05, 0.1) is 23.4 Å². The molecule has 1 heterocycles. The van der Waals surface area contributed by atoms with E-state index >= 15 is 0 Å². The maximum Gasteiger partial charge on any atom is 0.233 e. The van der Waals surface area contributed by atoms with Crippen LogP contribution >= 0.6 is 15.9 Å². The van der Waals surface area contributed by atoms with Crippen LogP contribution in [0.2, 0.25) is 0 Å². The van der Waals surface area contributed by atoms with Crippen molar-refractivity contribution in [1.29, 1.82) is 0 Å². The highest BCUT2D eigenvalue weighted by Gasteiger charge is 2.56. The highest BCUT2D eigenvalue weighted by Crippen LogP contribution is 2.56. The summed E-state index contributed by atoms with van der Waals surface area (Å²) in [4.78, 5) is 55.6. The number of imide groups is 1. The number of nitrogens with zero attached hydrogens (tertiary/aromatic N) is 1. The summed E-state index contributed by atoms with van der Waals surface area (Å²) in [5.41, 5.74) is 3.48. The summed E-state index contributed by atoms with van der Waals surface area (Å²) in [5.74, 6) is -2.94. The normalized spacial score (nSPS) is 25.5. The van der Waals surface area contributed by atoms with Crippen molar-refractivity contribution in [2.75, 3.05) is 13.7 Å². The summed E-state index contributed by atoms with van der Waals surface area (Å²) < 4.78 is 5.76. The number of amides is 2. The van der Waals surface area contributed by atoms with Crippen molar-refractivity contribution in [2.24, 2.45) is 17.8 Å². The van der Waals surface area contributed by atoms with Gasteiger partial charge in [0.1, 0.15) is 5.75 Å². The molecular weight excluding hydrogens is 590 g/mol. The second-order valence-electron chi connectivity index (χ2n) is 11.0. The number of Topliss-reactive ketones (excluding diaryl/α,β-unsaturated/α-hetero) is 1. The fourth-order valence-corrected chi connectivity index (χ4v) is 7.31. The number of hydrogen-bond donors (Lipinski definition) is 2. The summed E-state index contributed by atoms with van der Waals surface area (Å²) >= 11 is 3.38. The van der Waals surface area contributed by atoms with Crippen molar-refractivity contribution in [1.82, 2.24) is 4.90 Å². The van der Waals surface area contributed by atoms with E-state index in [1.807, 2.05) is 6.08 Å². The lowest BCUT2D eigenvalue weighted by molar-refractivity contribution is -0.140. The van der Waals surface area contributed by atoms with Gasteiger partial charge in [-0.15, -0.1) is 0 Å². The Morgan fingerprint density at radius 1 is 1.02 bits per heavy atom. The molecule has 210 valence electrons. The third kappa shape index (κ3) is 4.34. The molecule has 4 atom stereocenters. The zero-order chi connectivity index (χ0) is 29.2. The number of methoxy groups -OCH3 is 1. The molecule has 2 amide bonds. The van der Waals surface area contributed by atoms with Gasteiger partial charge >= 0.3 is 0 Å². The van der Waals surface area contributed by atoms with Crippen LogP contribution in [0.1, 0.15) is 36.8 Å². The molecule has 1 aliphatic heterocycles. The first-order valence-corrected chi connectivity index (χ1v) is 14.3. The fraction of sp³-hybridized carbons (Fsp3) is 0.312. The van der Waals surface area contributed by atoms with Crippen LogP contribution < -0.4 is 4.74 Å². The minimum Gasteiger partial charge on any atom is -0.508 e. The first-order valence-electron chi connectivity index (χ1n) is 13.5. The summed E-state index contributed by atoms with van der Waals surface area (Å²) in [7, 11) is 1.43. The Hall–Kier alpha value is -3.98. The van der Waals surface area contributed by atoms with Crippen molar-refractivity contribution in [3.05, 3.63) is 86.4 Å². The minimum absolute atomic E-state index is 0.0848. The summed E-state index contributed by atoms with van der Waals surface area (Å²) in [6.45, 7) is 1.84. The number of phenols is 2. The zero-order valence-corrected chi connectivity index (χ0v) is 24.1. The molecule has 9 heteroatoms. The first-order chi connectivity index (χ1) is 19.6. The van der Waals surface area contributed by atoms with Crippen molar-refractivity contribution < 1.29 is 34.1 Å². The second-order valence-corrected chi connectivity index (χ2v) is 11.9. The molecular formula is C32H28BrNO7. The summed E-state index contributed by atoms with van der Waals surface area (Å²) in [6, 6.07) is 10.0. The van der Waals surface area contributed by atoms with Crippen molar-refractivity contribution in [3.8, 4) is 17.2 Å². The summed E-state index contributed by atoms with van der Waals surface area (Å²) in [5, 5.41) is 20.0. The number of phenolic OH excluding ortho intramolecular Hbond substituents is 2. The Balaban J connectivity index is 1.40. The predicted molar refractivity (Wildman–Crippen MR) is 152 cm³/mol. The topological polar surface area (TPSA) is 121 Å². The van der Waals surface area contributed by atoms with Crippen LogP contribution in [0.15, 0.2) is 75.3 Å². The van der Waals surface area contributed by atoms with Crippen LogP contribution in [0.5, 0.6) is 17.2 Å². The minimum atomic E-state index is -0.642. The Morgan fingerprint density at radius 3 is 2.46 bits per heavy atom. The van der Waals surface area contributed by atoms with Crippen molar-refractivity contribution in [2.45, 2.75) is 32.1 Å². The predicted octanol–water partition coefficient (Wildman–Crippen LogP) is 4.54. The molecule has 0 bridgehead atoms. The molecule has 0 aromatic heterocycles. The number of allylic oxidation sites excluding steroid dienone is 6. The number of hydrogen-bond acceptors (Lipinski definition) is 7. The van der Waals surface area contributed by atoms with E-state index in [1.165, 1.54) is 18.1 Å². The number of ether oxygens (including phenoxy) is 1. The van der Waals surface area contributed by atoms with Crippen molar-refractivity contribution >= 4 is 39.3 Å². The number of likely N-dealkylation sites (tertiary alicyclic amines) is 1. The molecule has 2 aromatic rings. The number of carbonyl (C=O) groups excluding carboxylic acids is 4. The lowest BCUT2D eigenvalue weighted by Gasteiger charge is -2.42. The molecule has 1 fully saturated rings. The molecule has 8 nitrogen and oxygen atoms in total. The molecule has 41 heavy (non-hydrogen) atoms. The number of benzene rings is 2. The molecule has 0 spiro atoms. The molecule has 4 unspecified atom stereocenters. The van der Waals surface area contributed by atoms with Gasteiger partial charge in [-0.2, -0.15) is 0 Å². The highest BCUT2D eigenvalue weighted by atomic mass is 79.9. The number of ketones is 2. The van der Waals surface area contributed by atoms with Crippen LogP contribution in [0.25, 0.3) is 0 Å². The number of carbonyl (C=O) groups is 4. The van der Waals surface area contributed by atoms with Gasteiger partial charge in [-0.05, 0) is 89.5 Å². The van der Waals surface area contributed by atoms with E-state index in [0.29, 0.717) is 39.6 Å². The van der Waals surface area contributed by atoms with Gasteiger partial charge in [0, 0.05) is 29.2 Å². The molecule has 0 saturated carbocycles. The SMILES string of the molecule is COc1cc(C2C3=CCC4C(=O)N(CCc5ccc(O)cc5)C(=O)C4C3CC3=C2C(=O)C(C)=CC3=O)cc(Br)c1O. The first kappa shape index (κ1) is 27.2. The summed E-state index contributed by atoms with van der Waals surface area (Å²) in [6.07, 6.45) is 4.33. The van der Waals surface area contributed by atoms with Crippen LogP contribution in [0.4, 0.5) is 0 Å². The monoisotopic (exact) mass is 617 g/mol. The average molecular weight is 618 g/mol. The lowest BCUT2D eigenvalue weighted by Crippen LogP contribution is -2.40. The van der Waals surface area contributed by atoms with Crippen molar-refractivity contribution in [3.63, 3.8) is 0 Å². The Morgan fingerprint density at radius 2 is 1.76 bits per heavy atom.